The van der Waals surface area contributed by atoms with Gasteiger partial charge in [0, 0.05) is 0 Å². The Bertz CT molecular complexity index is 619. The van der Waals surface area contributed by atoms with Crippen molar-refractivity contribution < 1.29 is 15.3 Å². The van der Waals surface area contributed by atoms with Gasteiger partial charge in [-0.3, -0.25) is 0 Å². The van der Waals surface area contributed by atoms with Crippen molar-refractivity contribution in [2.75, 3.05) is 0 Å². The molecule has 0 radical (unpaired) electrons. The zero-order valence-electron chi connectivity index (χ0n) is 20.3. The molecule has 0 aromatic carbocycles. The molecule has 0 amide bonds. The van der Waals surface area contributed by atoms with E-state index in [-0.39, 0.29) is 35.1 Å². The maximum Gasteiger partial charge on any atom is 0.0605 e. The van der Waals surface area contributed by atoms with Gasteiger partial charge in [-0.2, -0.15) is 0 Å². The fraction of sp³-hybridized carbons (Fsp3) is 1.00. The van der Waals surface area contributed by atoms with Gasteiger partial charge in [0.2, 0.25) is 0 Å². The molecule has 174 valence electrons. The Morgan fingerprint density at radius 1 is 0.900 bits per heavy atom. The zero-order valence-corrected chi connectivity index (χ0v) is 20.3. The summed E-state index contributed by atoms with van der Waals surface area (Å²) in [6.07, 6.45) is 7.45. The van der Waals surface area contributed by atoms with Crippen molar-refractivity contribution in [3.63, 3.8) is 0 Å². The summed E-state index contributed by atoms with van der Waals surface area (Å²) in [6.45, 7) is 14.1. The molecule has 2 unspecified atom stereocenters. The second-order valence-corrected chi connectivity index (χ2v) is 12.8. The highest BCUT2D eigenvalue weighted by Crippen LogP contribution is 2.69. The first-order valence-electron chi connectivity index (χ1n) is 13.1. The van der Waals surface area contributed by atoms with Gasteiger partial charge in [0.25, 0.3) is 0 Å². The second-order valence-electron chi connectivity index (χ2n) is 12.8. The lowest BCUT2D eigenvalue weighted by Gasteiger charge is -2.65. The number of aliphatic hydroxyl groups excluding tert-OH is 3. The maximum atomic E-state index is 11.8. The molecule has 0 aliphatic heterocycles. The molecule has 4 rings (SSSR count). The van der Waals surface area contributed by atoms with Crippen molar-refractivity contribution in [3.8, 4) is 0 Å². The molecule has 0 aromatic rings. The molecule has 3 heteroatoms. The van der Waals surface area contributed by atoms with Gasteiger partial charge in [-0.05, 0) is 103 Å². The summed E-state index contributed by atoms with van der Waals surface area (Å²) in [5.41, 5.74) is 0.0832. The summed E-state index contributed by atoms with van der Waals surface area (Å²) in [7, 11) is 0. The number of aliphatic hydroxyl groups is 3. The van der Waals surface area contributed by atoms with Crippen molar-refractivity contribution in [2.24, 2.45) is 58.2 Å². The Labute approximate surface area is 185 Å². The molecular formula is C27H48O3. The first-order chi connectivity index (χ1) is 14.1. The van der Waals surface area contributed by atoms with Crippen LogP contribution in [-0.2, 0) is 0 Å². The van der Waals surface area contributed by atoms with E-state index in [1.807, 2.05) is 0 Å². The second kappa shape index (κ2) is 8.03. The summed E-state index contributed by atoms with van der Waals surface area (Å²) in [6, 6.07) is 0. The molecule has 4 aliphatic rings. The van der Waals surface area contributed by atoms with Crippen molar-refractivity contribution in [2.45, 2.75) is 111 Å². The smallest absolute Gasteiger partial charge is 0.0605 e. The predicted molar refractivity (Wildman–Crippen MR) is 122 cm³/mol. The number of fused-ring (bicyclic) bond motifs is 5. The molecule has 0 bridgehead atoms. The van der Waals surface area contributed by atoms with Crippen LogP contribution in [0.1, 0.15) is 92.9 Å². The monoisotopic (exact) mass is 420 g/mol. The molecular weight excluding hydrogens is 372 g/mol. The average Bonchev–Trinajstić information content (AvgIpc) is 3.02. The van der Waals surface area contributed by atoms with E-state index in [1.54, 1.807) is 0 Å². The van der Waals surface area contributed by atoms with Crippen LogP contribution in [0.5, 0.6) is 0 Å². The number of hydrogen-bond donors (Lipinski definition) is 3. The van der Waals surface area contributed by atoms with Crippen LogP contribution in [0.25, 0.3) is 0 Å². The molecule has 4 fully saturated rings. The lowest BCUT2D eigenvalue weighted by atomic mass is 9.41. The zero-order chi connectivity index (χ0) is 22.0. The van der Waals surface area contributed by atoms with Crippen molar-refractivity contribution in [3.05, 3.63) is 0 Å². The first-order valence-corrected chi connectivity index (χ1v) is 13.1. The average molecular weight is 421 g/mol. The molecule has 0 aromatic heterocycles. The molecule has 0 saturated heterocycles. The highest BCUT2D eigenvalue weighted by atomic mass is 16.3. The van der Waals surface area contributed by atoms with Crippen molar-refractivity contribution in [1.29, 1.82) is 0 Å². The lowest BCUT2D eigenvalue weighted by molar-refractivity contribution is -0.228. The van der Waals surface area contributed by atoms with Crippen LogP contribution >= 0.6 is 0 Å². The molecule has 0 heterocycles. The van der Waals surface area contributed by atoms with E-state index in [9.17, 15) is 15.3 Å². The maximum absolute atomic E-state index is 11.8. The van der Waals surface area contributed by atoms with Crippen molar-refractivity contribution in [1.82, 2.24) is 0 Å². The number of hydrogen-bond acceptors (Lipinski definition) is 3. The van der Waals surface area contributed by atoms with E-state index in [0.29, 0.717) is 41.4 Å². The highest BCUT2D eigenvalue weighted by Gasteiger charge is 2.67. The first kappa shape index (κ1) is 23.1. The van der Waals surface area contributed by atoms with Crippen LogP contribution in [0, 0.1) is 58.2 Å². The third-order valence-electron chi connectivity index (χ3n) is 11.1. The minimum absolute atomic E-state index is 0.0634. The Hall–Kier alpha value is -0.120. The summed E-state index contributed by atoms with van der Waals surface area (Å²) < 4.78 is 0. The van der Waals surface area contributed by atoms with Gasteiger partial charge in [-0.25, -0.2) is 0 Å². The summed E-state index contributed by atoms with van der Waals surface area (Å²) >= 11 is 0. The highest BCUT2D eigenvalue weighted by molar-refractivity contribution is 5.15. The van der Waals surface area contributed by atoms with Gasteiger partial charge in [0.1, 0.15) is 0 Å². The Balaban J connectivity index is 1.70. The predicted octanol–water partition coefficient (Wildman–Crippen LogP) is 5.27. The Kier molecular flexibility index (Phi) is 6.17. The van der Waals surface area contributed by atoms with Gasteiger partial charge in [-0.15, -0.1) is 0 Å². The summed E-state index contributed by atoms with van der Waals surface area (Å²) in [5, 5.41) is 33.9. The third kappa shape index (κ3) is 3.24. The van der Waals surface area contributed by atoms with Gasteiger partial charge < -0.3 is 15.3 Å². The molecule has 30 heavy (non-hydrogen) atoms. The minimum Gasteiger partial charge on any atom is -0.393 e. The van der Waals surface area contributed by atoms with Crippen LogP contribution in [0.15, 0.2) is 0 Å². The molecule has 4 aliphatic carbocycles. The molecule has 12 atom stereocenters. The van der Waals surface area contributed by atoms with Gasteiger partial charge >= 0.3 is 0 Å². The van der Waals surface area contributed by atoms with E-state index >= 15 is 0 Å². The van der Waals surface area contributed by atoms with E-state index in [2.05, 4.69) is 41.5 Å². The van der Waals surface area contributed by atoms with E-state index in [4.69, 9.17) is 0 Å². The van der Waals surface area contributed by atoms with Crippen LogP contribution in [-0.4, -0.2) is 33.6 Å². The van der Waals surface area contributed by atoms with E-state index in [1.165, 1.54) is 19.3 Å². The van der Waals surface area contributed by atoms with Crippen molar-refractivity contribution >= 4 is 0 Å². The van der Waals surface area contributed by atoms with E-state index in [0.717, 1.165) is 32.1 Å². The van der Waals surface area contributed by atoms with E-state index < -0.39 is 0 Å². The minimum atomic E-state index is -0.278. The summed E-state index contributed by atoms with van der Waals surface area (Å²) in [4.78, 5) is 0. The molecule has 3 N–H and O–H groups in total. The van der Waals surface area contributed by atoms with Gasteiger partial charge in [0.15, 0.2) is 0 Å². The topological polar surface area (TPSA) is 60.7 Å². The lowest BCUT2D eigenvalue weighted by Crippen LogP contribution is -2.65. The van der Waals surface area contributed by atoms with Gasteiger partial charge in [-0.1, -0.05) is 48.0 Å². The number of rotatable bonds is 4. The standard InChI is InChI=1S/C27H48O3/c1-7-18-21-13-17(28)10-11-26(21,5)22-14-23(29)27(6)19(16(4)12-15(2)3)8-9-20(27)24(22)25(18)30/h15-25,28-30H,7-14H2,1-6H3/t16-,17-,18-,19-,20?,21+,22?,23+,24+,25-,26+,27-/m1/s1. The summed E-state index contributed by atoms with van der Waals surface area (Å²) in [5.74, 6) is 3.69. The molecule has 4 saturated carbocycles. The third-order valence-corrected chi connectivity index (χ3v) is 11.1. The van der Waals surface area contributed by atoms with Crippen LogP contribution < -0.4 is 0 Å². The van der Waals surface area contributed by atoms with Crippen LogP contribution in [0.4, 0.5) is 0 Å². The molecule has 3 nitrogen and oxygen atoms in total. The van der Waals surface area contributed by atoms with Crippen LogP contribution in [0.2, 0.25) is 0 Å². The quantitative estimate of drug-likeness (QED) is 0.581. The fourth-order valence-corrected chi connectivity index (χ4v) is 9.80. The van der Waals surface area contributed by atoms with Crippen LogP contribution in [0.3, 0.4) is 0 Å². The Morgan fingerprint density at radius 2 is 1.60 bits per heavy atom. The molecule has 0 spiro atoms. The fourth-order valence-electron chi connectivity index (χ4n) is 9.80. The SMILES string of the molecule is CC[C@H]1[C@@H](O)[C@H]2C3CC[C@H]([C@H](C)CC(C)C)[C@@]3(C)[C@@H](O)CC2[C@@]2(C)CC[C@@H](O)C[C@@H]12. The normalized spacial score (nSPS) is 54.4. The van der Waals surface area contributed by atoms with Gasteiger partial charge in [0.05, 0.1) is 18.3 Å². The Morgan fingerprint density at radius 3 is 2.23 bits per heavy atom. The largest absolute Gasteiger partial charge is 0.393 e.